The van der Waals surface area contributed by atoms with Crippen molar-refractivity contribution in [3.63, 3.8) is 0 Å². The lowest BCUT2D eigenvalue weighted by molar-refractivity contribution is -0.143. The number of likely N-dealkylation sites (N-methyl/N-ethyl adjacent to an activating group) is 1. The second-order valence-corrected chi connectivity index (χ2v) is 7.23. The molecule has 0 radical (unpaired) electrons. The molecule has 1 heterocycles. The van der Waals surface area contributed by atoms with E-state index in [4.69, 9.17) is 11.6 Å². The first kappa shape index (κ1) is 21.7. The molecular weight excluding hydrogens is 417 g/mol. The molecule has 0 saturated carbocycles. The summed E-state index contributed by atoms with van der Waals surface area (Å²) in [5, 5.41) is 6.76. The molecule has 0 aliphatic heterocycles. The van der Waals surface area contributed by atoms with E-state index in [9.17, 15) is 18.0 Å². The van der Waals surface area contributed by atoms with Gasteiger partial charge in [0.05, 0.1) is 17.4 Å². The van der Waals surface area contributed by atoms with Gasteiger partial charge in [-0.2, -0.15) is 18.3 Å². The Kier molecular flexibility index (Phi) is 6.36. The summed E-state index contributed by atoms with van der Waals surface area (Å²) in [4.78, 5) is 14.5. The third-order valence-electron chi connectivity index (χ3n) is 4.74. The lowest BCUT2D eigenvalue weighted by atomic mass is 10.2. The molecule has 1 amide bonds. The van der Waals surface area contributed by atoms with Gasteiger partial charge in [-0.05, 0) is 43.3 Å². The van der Waals surface area contributed by atoms with E-state index >= 15 is 0 Å². The molecule has 0 aliphatic rings. The fourth-order valence-electron chi connectivity index (χ4n) is 2.96. The molecule has 1 aromatic heterocycles. The number of alkyl halides is 3. The van der Waals surface area contributed by atoms with Crippen LogP contribution in [0.15, 0.2) is 60.8 Å². The maximum absolute atomic E-state index is 13.7. The number of rotatable bonds is 6. The predicted molar refractivity (Wildman–Crippen MR) is 110 cm³/mol. The zero-order chi connectivity index (χ0) is 21.9. The number of carbonyl (C=O) groups is 1. The van der Waals surface area contributed by atoms with Crippen LogP contribution in [0, 0.1) is 0 Å². The molecule has 1 N–H and O–H groups in total. The van der Waals surface area contributed by atoms with Gasteiger partial charge in [-0.3, -0.25) is 4.79 Å². The number of para-hydroxylation sites is 1. The summed E-state index contributed by atoms with van der Waals surface area (Å²) in [6.45, 7) is 2.03. The van der Waals surface area contributed by atoms with Crippen LogP contribution in [0.3, 0.4) is 0 Å². The van der Waals surface area contributed by atoms with E-state index in [0.717, 1.165) is 11.9 Å². The minimum atomic E-state index is -4.77. The van der Waals surface area contributed by atoms with Crippen LogP contribution < -0.4 is 10.2 Å². The van der Waals surface area contributed by atoms with Crippen LogP contribution in [-0.4, -0.2) is 35.3 Å². The number of halogens is 4. The largest absolute Gasteiger partial charge is 0.434 e. The predicted octanol–water partition coefficient (Wildman–Crippen LogP) is 4.80. The summed E-state index contributed by atoms with van der Waals surface area (Å²) in [6.07, 6.45) is -3.84. The monoisotopic (exact) mass is 436 g/mol. The lowest BCUT2D eigenvalue weighted by Crippen LogP contribution is -2.40. The molecule has 0 spiro atoms. The maximum Gasteiger partial charge on any atom is 0.434 e. The van der Waals surface area contributed by atoms with E-state index in [1.165, 1.54) is 24.3 Å². The fourth-order valence-corrected chi connectivity index (χ4v) is 3.08. The summed E-state index contributed by atoms with van der Waals surface area (Å²) in [6, 6.07) is 15.1. The topological polar surface area (TPSA) is 50.2 Å². The quantitative estimate of drug-likeness (QED) is 0.604. The summed E-state index contributed by atoms with van der Waals surface area (Å²) in [5.74, 6) is -0.837. The number of amides is 1. The highest BCUT2D eigenvalue weighted by molar-refractivity contribution is 6.30. The highest BCUT2D eigenvalue weighted by Crippen LogP contribution is 2.33. The van der Waals surface area contributed by atoms with Crippen LogP contribution in [0.25, 0.3) is 5.69 Å². The Morgan fingerprint density at radius 1 is 1.17 bits per heavy atom. The van der Waals surface area contributed by atoms with Crippen LogP contribution in [0.5, 0.6) is 0 Å². The summed E-state index contributed by atoms with van der Waals surface area (Å²) >= 11 is 5.81. The first-order chi connectivity index (χ1) is 14.2. The standard InChI is InChI=1S/C21H20ClF3N4O/c1-14(28(2)16-6-4-3-5-7-16)12-26-20(30)18-13-27-29(19(18)21(23,24)25)17-10-8-15(22)9-11-17/h3-11,13-14H,12H2,1-2H3,(H,26,30)/t14-/m0/s1. The van der Waals surface area contributed by atoms with E-state index in [-0.39, 0.29) is 18.3 Å². The zero-order valence-electron chi connectivity index (χ0n) is 16.3. The third-order valence-corrected chi connectivity index (χ3v) is 4.99. The van der Waals surface area contributed by atoms with Gasteiger partial charge in [-0.25, -0.2) is 4.68 Å². The first-order valence-corrected chi connectivity index (χ1v) is 9.53. The van der Waals surface area contributed by atoms with E-state index in [1.54, 1.807) is 0 Å². The third kappa shape index (κ3) is 4.76. The maximum atomic E-state index is 13.7. The second-order valence-electron chi connectivity index (χ2n) is 6.80. The summed E-state index contributed by atoms with van der Waals surface area (Å²) in [5.41, 5.74) is -0.577. The Labute approximate surface area is 177 Å². The van der Waals surface area contributed by atoms with Crippen molar-refractivity contribution in [2.24, 2.45) is 0 Å². The number of nitrogens with zero attached hydrogens (tertiary/aromatic N) is 3. The Morgan fingerprint density at radius 2 is 1.80 bits per heavy atom. The van der Waals surface area contributed by atoms with Crippen molar-refractivity contribution in [3.05, 3.63) is 77.1 Å². The first-order valence-electron chi connectivity index (χ1n) is 9.15. The van der Waals surface area contributed by atoms with Gasteiger partial charge in [0.2, 0.25) is 0 Å². The Bertz CT molecular complexity index is 1000. The normalized spacial score (nSPS) is 12.5. The lowest BCUT2D eigenvalue weighted by Gasteiger charge is -2.27. The van der Waals surface area contributed by atoms with Gasteiger partial charge >= 0.3 is 6.18 Å². The number of nitrogens with one attached hydrogen (secondary N) is 1. The Hall–Kier alpha value is -3.00. The number of carbonyl (C=O) groups excluding carboxylic acids is 1. The highest BCUT2D eigenvalue weighted by atomic mass is 35.5. The minimum absolute atomic E-state index is 0.142. The molecular formula is C21H20ClF3N4O. The van der Waals surface area contributed by atoms with Gasteiger partial charge < -0.3 is 10.2 Å². The molecule has 30 heavy (non-hydrogen) atoms. The highest BCUT2D eigenvalue weighted by Gasteiger charge is 2.40. The van der Waals surface area contributed by atoms with Crippen LogP contribution in [0.4, 0.5) is 18.9 Å². The smallest absolute Gasteiger partial charge is 0.370 e. The summed E-state index contributed by atoms with van der Waals surface area (Å²) in [7, 11) is 1.85. The molecule has 0 fully saturated rings. The summed E-state index contributed by atoms with van der Waals surface area (Å²) < 4.78 is 41.9. The number of hydrogen-bond donors (Lipinski definition) is 1. The molecule has 1 atom stereocenters. The molecule has 5 nitrogen and oxygen atoms in total. The van der Waals surface area contributed by atoms with Crippen molar-refractivity contribution in [2.45, 2.75) is 19.1 Å². The van der Waals surface area contributed by atoms with Crippen LogP contribution in [0.2, 0.25) is 5.02 Å². The molecule has 0 unspecified atom stereocenters. The number of benzene rings is 2. The molecule has 0 saturated heterocycles. The van der Waals surface area contributed by atoms with Gasteiger partial charge in [-0.1, -0.05) is 29.8 Å². The van der Waals surface area contributed by atoms with Gasteiger partial charge in [0.25, 0.3) is 5.91 Å². The molecule has 9 heteroatoms. The molecule has 158 valence electrons. The van der Waals surface area contributed by atoms with E-state index in [2.05, 4.69) is 10.4 Å². The fraction of sp³-hybridized carbons (Fsp3) is 0.238. The Balaban J connectivity index is 1.80. The van der Waals surface area contributed by atoms with Crippen LogP contribution in [-0.2, 0) is 6.18 Å². The van der Waals surface area contributed by atoms with E-state index in [0.29, 0.717) is 9.70 Å². The van der Waals surface area contributed by atoms with E-state index in [1.807, 2.05) is 49.2 Å². The van der Waals surface area contributed by atoms with Crippen molar-refractivity contribution in [1.29, 1.82) is 0 Å². The van der Waals surface area contributed by atoms with E-state index < -0.39 is 23.3 Å². The SMILES string of the molecule is C[C@@H](CNC(=O)c1cnn(-c2ccc(Cl)cc2)c1C(F)(F)F)N(C)c1ccccc1. The van der Waals surface area contributed by atoms with Gasteiger partial charge in [-0.15, -0.1) is 0 Å². The second kappa shape index (κ2) is 8.79. The molecule has 2 aromatic carbocycles. The molecule has 3 rings (SSSR count). The molecule has 3 aromatic rings. The van der Waals surface area contributed by atoms with Gasteiger partial charge in [0, 0.05) is 30.3 Å². The minimum Gasteiger partial charge on any atom is -0.370 e. The van der Waals surface area contributed by atoms with Crippen molar-refractivity contribution in [2.75, 3.05) is 18.5 Å². The van der Waals surface area contributed by atoms with Crippen molar-refractivity contribution >= 4 is 23.2 Å². The number of aromatic nitrogens is 2. The van der Waals surface area contributed by atoms with Gasteiger partial charge in [0.1, 0.15) is 0 Å². The van der Waals surface area contributed by atoms with Crippen LogP contribution >= 0.6 is 11.6 Å². The molecule has 0 aliphatic carbocycles. The van der Waals surface area contributed by atoms with Crippen molar-refractivity contribution < 1.29 is 18.0 Å². The average molecular weight is 437 g/mol. The van der Waals surface area contributed by atoms with Crippen molar-refractivity contribution in [3.8, 4) is 5.69 Å². The number of anilines is 1. The zero-order valence-corrected chi connectivity index (χ0v) is 17.1. The Morgan fingerprint density at radius 3 is 2.40 bits per heavy atom. The van der Waals surface area contributed by atoms with Gasteiger partial charge in [0.15, 0.2) is 5.69 Å². The van der Waals surface area contributed by atoms with Crippen molar-refractivity contribution in [1.82, 2.24) is 15.1 Å². The van der Waals surface area contributed by atoms with Crippen LogP contribution in [0.1, 0.15) is 23.0 Å². The molecule has 0 bridgehead atoms. The average Bonchev–Trinajstić information content (AvgIpc) is 3.18. The number of hydrogen-bond acceptors (Lipinski definition) is 3.